The second kappa shape index (κ2) is 7.69. The van der Waals surface area contributed by atoms with E-state index < -0.39 is 11.6 Å². The predicted molar refractivity (Wildman–Crippen MR) is 96.7 cm³/mol. The van der Waals surface area contributed by atoms with E-state index in [1.807, 2.05) is 0 Å². The Morgan fingerprint density at radius 2 is 2.04 bits per heavy atom. The maximum atomic E-state index is 12.3. The number of nitrogens with zero attached hydrogens (tertiary/aromatic N) is 1. The third-order valence-electron chi connectivity index (χ3n) is 3.69. The summed E-state index contributed by atoms with van der Waals surface area (Å²) in [5.41, 5.74) is 0.839. The van der Waals surface area contributed by atoms with Crippen molar-refractivity contribution in [3.8, 4) is 5.88 Å². The lowest BCUT2D eigenvalue weighted by Crippen LogP contribution is -2.10. The third kappa shape index (κ3) is 4.12. The Morgan fingerprint density at radius 1 is 1.22 bits per heavy atom. The number of pyridine rings is 1. The fourth-order valence-corrected chi connectivity index (χ4v) is 2.56. The number of nitrogens with one attached hydrogen (secondary N) is 1. The van der Waals surface area contributed by atoms with Crippen LogP contribution >= 0.6 is 0 Å². The quantitative estimate of drug-likeness (QED) is 0.544. The number of fused-ring (bicyclic) bond motifs is 1. The molecule has 0 saturated heterocycles. The van der Waals surface area contributed by atoms with Crippen LogP contribution in [0.5, 0.6) is 5.88 Å². The Morgan fingerprint density at radius 3 is 2.78 bits per heavy atom. The van der Waals surface area contributed by atoms with Gasteiger partial charge >= 0.3 is 11.6 Å². The smallest absolute Gasteiger partial charge is 0.343 e. The van der Waals surface area contributed by atoms with Gasteiger partial charge in [-0.05, 0) is 24.3 Å². The van der Waals surface area contributed by atoms with Crippen molar-refractivity contribution in [1.82, 2.24) is 4.98 Å². The van der Waals surface area contributed by atoms with Gasteiger partial charge in [0, 0.05) is 41.9 Å². The predicted octanol–water partition coefficient (Wildman–Crippen LogP) is 2.51. The summed E-state index contributed by atoms with van der Waals surface area (Å²) in [6, 6.07) is 9.26. The highest BCUT2D eigenvalue weighted by atomic mass is 16.5. The third-order valence-corrected chi connectivity index (χ3v) is 3.69. The van der Waals surface area contributed by atoms with Crippen LogP contribution in [0.2, 0.25) is 0 Å². The summed E-state index contributed by atoms with van der Waals surface area (Å²) in [6.07, 6.45) is 1.50. The van der Waals surface area contributed by atoms with Gasteiger partial charge in [-0.25, -0.2) is 14.6 Å². The molecule has 0 saturated carbocycles. The molecule has 0 radical (unpaired) electrons. The number of methoxy groups -OCH3 is 1. The lowest BCUT2D eigenvalue weighted by Gasteiger charge is -2.10. The van der Waals surface area contributed by atoms with E-state index in [1.165, 1.54) is 38.4 Å². The molecule has 0 bridgehead atoms. The average molecular weight is 368 g/mol. The van der Waals surface area contributed by atoms with Gasteiger partial charge < -0.3 is 19.2 Å². The molecule has 0 aliphatic carbocycles. The van der Waals surface area contributed by atoms with Crippen LogP contribution in [0.3, 0.4) is 0 Å². The van der Waals surface area contributed by atoms with Crippen molar-refractivity contribution in [2.75, 3.05) is 12.4 Å². The number of esters is 1. The van der Waals surface area contributed by atoms with Crippen LogP contribution in [0, 0.1) is 0 Å². The molecule has 8 nitrogen and oxygen atoms in total. The first kappa shape index (κ1) is 18.1. The minimum atomic E-state index is -0.629. The standard InChI is InChI=1S/C19H16N2O6/c1-11(22)21-13-5-6-14-12(8-17(23)27-16(14)9-13)10-26-19(24)15-4-3-7-20-18(15)25-2/h3-9H,10H2,1-2H3,(H,21,22). The zero-order valence-corrected chi connectivity index (χ0v) is 14.6. The first-order valence-corrected chi connectivity index (χ1v) is 7.98. The Kier molecular flexibility index (Phi) is 5.16. The van der Waals surface area contributed by atoms with Crippen molar-refractivity contribution < 1.29 is 23.5 Å². The van der Waals surface area contributed by atoms with Crippen LogP contribution in [0.4, 0.5) is 5.69 Å². The maximum absolute atomic E-state index is 12.3. The number of carbonyl (C=O) groups is 2. The highest BCUT2D eigenvalue weighted by molar-refractivity contribution is 5.93. The summed E-state index contributed by atoms with van der Waals surface area (Å²) in [5, 5.41) is 3.21. The Hall–Kier alpha value is -3.68. The van der Waals surface area contributed by atoms with Gasteiger partial charge in [0.1, 0.15) is 17.8 Å². The molecular formula is C19H16N2O6. The molecule has 138 valence electrons. The van der Waals surface area contributed by atoms with Gasteiger partial charge in [-0.3, -0.25) is 4.79 Å². The molecule has 8 heteroatoms. The van der Waals surface area contributed by atoms with E-state index in [0.29, 0.717) is 16.6 Å². The monoisotopic (exact) mass is 368 g/mol. The molecule has 1 amide bonds. The zero-order chi connectivity index (χ0) is 19.4. The molecule has 1 aromatic carbocycles. The number of benzene rings is 1. The highest BCUT2D eigenvalue weighted by Gasteiger charge is 2.16. The number of anilines is 1. The largest absolute Gasteiger partial charge is 0.480 e. The van der Waals surface area contributed by atoms with Gasteiger partial charge in [0.15, 0.2) is 0 Å². The van der Waals surface area contributed by atoms with E-state index in [2.05, 4.69) is 10.3 Å². The molecule has 2 heterocycles. The van der Waals surface area contributed by atoms with Gasteiger partial charge in [-0.1, -0.05) is 0 Å². The Bertz CT molecular complexity index is 1070. The lowest BCUT2D eigenvalue weighted by molar-refractivity contribution is -0.114. The molecule has 3 aromatic rings. The van der Waals surface area contributed by atoms with Gasteiger partial charge in [0.25, 0.3) is 0 Å². The first-order chi connectivity index (χ1) is 13.0. The molecule has 3 rings (SSSR count). The van der Waals surface area contributed by atoms with Gasteiger partial charge in [-0.2, -0.15) is 0 Å². The Labute approximate surface area is 153 Å². The van der Waals surface area contributed by atoms with E-state index in [9.17, 15) is 14.4 Å². The molecular weight excluding hydrogens is 352 g/mol. The number of aromatic nitrogens is 1. The molecule has 27 heavy (non-hydrogen) atoms. The van der Waals surface area contributed by atoms with E-state index in [-0.39, 0.29) is 29.5 Å². The second-order valence-corrected chi connectivity index (χ2v) is 5.62. The van der Waals surface area contributed by atoms with Crippen molar-refractivity contribution in [2.45, 2.75) is 13.5 Å². The molecule has 0 atom stereocenters. The van der Waals surface area contributed by atoms with E-state index in [4.69, 9.17) is 13.9 Å². The second-order valence-electron chi connectivity index (χ2n) is 5.62. The van der Waals surface area contributed by atoms with Crippen molar-refractivity contribution in [3.63, 3.8) is 0 Å². The van der Waals surface area contributed by atoms with Crippen molar-refractivity contribution in [2.24, 2.45) is 0 Å². The molecule has 1 N–H and O–H groups in total. The topological polar surface area (TPSA) is 108 Å². The molecule has 0 aliphatic rings. The van der Waals surface area contributed by atoms with Crippen LogP contribution < -0.4 is 15.7 Å². The summed E-state index contributed by atoms with van der Waals surface area (Å²) in [5.74, 6) is -0.719. The van der Waals surface area contributed by atoms with Gasteiger partial charge in [0.2, 0.25) is 11.8 Å². The van der Waals surface area contributed by atoms with Crippen LogP contribution in [0.1, 0.15) is 22.8 Å². The summed E-state index contributed by atoms with van der Waals surface area (Å²) < 4.78 is 15.5. The molecule has 0 unspecified atom stereocenters. The number of hydrogen-bond donors (Lipinski definition) is 1. The number of amides is 1. The van der Waals surface area contributed by atoms with Crippen molar-refractivity contribution in [3.05, 3.63) is 64.1 Å². The molecule has 0 aliphatic heterocycles. The SMILES string of the molecule is COc1ncccc1C(=O)OCc1cc(=O)oc2cc(NC(C)=O)ccc12. The number of rotatable bonds is 5. The minimum absolute atomic E-state index is 0.140. The fraction of sp³-hybridized carbons (Fsp3) is 0.158. The van der Waals surface area contributed by atoms with Crippen LogP contribution in [0.25, 0.3) is 11.0 Å². The molecule has 2 aromatic heterocycles. The minimum Gasteiger partial charge on any atom is -0.480 e. The zero-order valence-electron chi connectivity index (χ0n) is 14.6. The summed E-state index contributed by atoms with van der Waals surface area (Å²) in [4.78, 5) is 39.3. The van der Waals surface area contributed by atoms with Gasteiger partial charge in [-0.15, -0.1) is 0 Å². The number of carbonyl (C=O) groups excluding carboxylic acids is 2. The Balaban J connectivity index is 1.87. The summed E-state index contributed by atoms with van der Waals surface area (Å²) >= 11 is 0. The van der Waals surface area contributed by atoms with Crippen LogP contribution in [-0.2, 0) is 16.1 Å². The molecule has 0 fully saturated rings. The van der Waals surface area contributed by atoms with E-state index in [0.717, 1.165) is 0 Å². The highest BCUT2D eigenvalue weighted by Crippen LogP contribution is 2.23. The van der Waals surface area contributed by atoms with E-state index in [1.54, 1.807) is 18.2 Å². The van der Waals surface area contributed by atoms with Gasteiger partial charge in [0.05, 0.1) is 7.11 Å². The van der Waals surface area contributed by atoms with Crippen molar-refractivity contribution in [1.29, 1.82) is 0 Å². The van der Waals surface area contributed by atoms with Crippen molar-refractivity contribution >= 4 is 28.5 Å². The first-order valence-electron chi connectivity index (χ1n) is 7.98. The van der Waals surface area contributed by atoms with Crippen LogP contribution in [0.15, 0.2) is 51.8 Å². The normalized spacial score (nSPS) is 10.4. The molecule has 0 spiro atoms. The number of hydrogen-bond acceptors (Lipinski definition) is 7. The van der Waals surface area contributed by atoms with Crippen LogP contribution in [-0.4, -0.2) is 24.0 Å². The lowest BCUT2D eigenvalue weighted by atomic mass is 10.1. The summed E-state index contributed by atoms with van der Waals surface area (Å²) in [7, 11) is 1.40. The average Bonchev–Trinajstić information content (AvgIpc) is 2.64. The maximum Gasteiger partial charge on any atom is 0.343 e. The summed E-state index contributed by atoms with van der Waals surface area (Å²) in [6.45, 7) is 1.24. The fourth-order valence-electron chi connectivity index (χ4n) is 2.56. The number of ether oxygens (including phenoxy) is 2. The van der Waals surface area contributed by atoms with E-state index >= 15 is 0 Å².